The molecule has 0 amide bonds. The molecule has 0 bridgehead atoms. The molecule has 0 fully saturated rings. The van der Waals surface area contributed by atoms with E-state index in [4.69, 9.17) is 20.4 Å². The Morgan fingerprint density at radius 1 is 0.455 bits per heavy atom. The van der Waals surface area contributed by atoms with Crippen molar-refractivity contribution < 1.29 is 59.2 Å². The van der Waals surface area contributed by atoms with E-state index in [-0.39, 0.29) is 38.8 Å². The molecule has 0 heterocycles. The van der Waals surface area contributed by atoms with Crippen molar-refractivity contribution in [2.45, 2.75) is 79.1 Å². The zero-order chi connectivity index (χ0) is 16.5. The molecule has 0 atom stereocenters. The summed E-state index contributed by atoms with van der Waals surface area (Å²) in [5.74, 6) is 0. The molecule has 0 aromatic rings. The zero-order valence-electron chi connectivity index (χ0n) is 15.1. The first-order valence-corrected chi connectivity index (χ1v) is 8.09. The van der Waals surface area contributed by atoms with Gasteiger partial charge < -0.3 is 20.4 Å². The fourth-order valence-electron chi connectivity index (χ4n) is 0.632. The van der Waals surface area contributed by atoms with Crippen molar-refractivity contribution in [3.8, 4) is 0 Å². The van der Waals surface area contributed by atoms with Gasteiger partial charge in [-0.15, -0.1) is 0 Å². The van der Waals surface area contributed by atoms with E-state index in [2.05, 4.69) is 27.7 Å². The van der Waals surface area contributed by atoms with Crippen LogP contribution in [0, 0.1) is 0 Å². The SMILES string of the molecule is CCCCO.CCCCO.CCCCO.CCCCO.[Cu].[Ti]. The summed E-state index contributed by atoms with van der Waals surface area (Å²) in [7, 11) is 0. The molecule has 0 unspecified atom stereocenters. The predicted octanol–water partition coefficient (Wildman–Crippen LogP) is 3.11. The van der Waals surface area contributed by atoms with Crippen LogP contribution in [0.25, 0.3) is 0 Å². The van der Waals surface area contributed by atoms with Crippen molar-refractivity contribution in [1.82, 2.24) is 0 Å². The van der Waals surface area contributed by atoms with E-state index in [0.29, 0.717) is 26.4 Å². The van der Waals surface area contributed by atoms with Gasteiger partial charge in [0.25, 0.3) is 0 Å². The Morgan fingerprint density at radius 3 is 0.591 bits per heavy atom. The Labute approximate surface area is 164 Å². The molecule has 1 radical (unpaired) electrons. The van der Waals surface area contributed by atoms with Gasteiger partial charge in [0, 0.05) is 65.2 Å². The molecular weight excluding hydrogens is 368 g/mol. The van der Waals surface area contributed by atoms with Gasteiger partial charge in [0.2, 0.25) is 0 Å². The summed E-state index contributed by atoms with van der Waals surface area (Å²) in [6.07, 6.45) is 8.15. The first kappa shape index (κ1) is 38.6. The van der Waals surface area contributed by atoms with E-state index in [1.165, 1.54) is 0 Å². The second-order valence-electron chi connectivity index (χ2n) is 4.31. The van der Waals surface area contributed by atoms with E-state index in [9.17, 15) is 0 Å². The summed E-state index contributed by atoms with van der Waals surface area (Å²) in [4.78, 5) is 0. The Hall–Kier alpha value is 1.07. The maximum Gasteiger partial charge on any atom is 0.0430 e. The minimum atomic E-state index is 0. The number of hydrogen-bond acceptors (Lipinski definition) is 4. The van der Waals surface area contributed by atoms with Crippen LogP contribution in [-0.2, 0) is 38.8 Å². The Balaban J connectivity index is -0.0000000376. The van der Waals surface area contributed by atoms with Crippen LogP contribution in [0.5, 0.6) is 0 Å². The van der Waals surface area contributed by atoms with Gasteiger partial charge in [-0.2, -0.15) is 0 Å². The van der Waals surface area contributed by atoms with Gasteiger partial charge in [-0.3, -0.25) is 0 Å². The third-order valence-corrected chi connectivity index (χ3v) is 2.05. The molecule has 0 aromatic carbocycles. The minimum Gasteiger partial charge on any atom is -0.396 e. The van der Waals surface area contributed by atoms with Gasteiger partial charge in [0.1, 0.15) is 0 Å². The van der Waals surface area contributed by atoms with Crippen LogP contribution in [-0.4, -0.2) is 46.9 Å². The maximum absolute atomic E-state index is 8.07. The number of aliphatic hydroxyl groups is 4. The number of unbranched alkanes of at least 4 members (excludes halogenated alkanes) is 4. The van der Waals surface area contributed by atoms with Crippen LogP contribution >= 0.6 is 0 Å². The molecule has 0 saturated carbocycles. The zero-order valence-corrected chi connectivity index (χ0v) is 17.6. The van der Waals surface area contributed by atoms with E-state index in [1.807, 2.05) is 0 Å². The molecule has 0 aliphatic heterocycles. The summed E-state index contributed by atoms with van der Waals surface area (Å²) >= 11 is 0. The van der Waals surface area contributed by atoms with Crippen molar-refractivity contribution in [2.24, 2.45) is 0 Å². The van der Waals surface area contributed by atoms with Crippen molar-refractivity contribution in [1.29, 1.82) is 0 Å². The molecule has 0 aromatic heterocycles. The minimum absolute atomic E-state index is 0. The molecule has 22 heavy (non-hydrogen) atoms. The Bertz CT molecular complexity index is 80.1. The largest absolute Gasteiger partial charge is 0.396 e. The van der Waals surface area contributed by atoms with Gasteiger partial charge in [-0.1, -0.05) is 53.4 Å². The monoisotopic (exact) mass is 407 g/mol. The average Bonchev–Trinajstić information content (AvgIpc) is 2.44. The summed E-state index contributed by atoms with van der Waals surface area (Å²) < 4.78 is 0. The second-order valence-corrected chi connectivity index (χ2v) is 4.31. The fourth-order valence-corrected chi connectivity index (χ4v) is 0.632. The molecule has 0 spiro atoms. The van der Waals surface area contributed by atoms with Gasteiger partial charge in [-0.05, 0) is 25.7 Å². The molecule has 0 rings (SSSR count). The molecule has 6 heteroatoms. The molecule has 0 aliphatic rings. The van der Waals surface area contributed by atoms with Crippen molar-refractivity contribution in [3.63, 3.8) is 0 Å². The summed E-state index contributed by atoms with van der Waals surface area (Å²) in [5, 5.41) is 32.3. The quantitative estimate of drug-likeness (QED) is 0.466. The third-order valence-electron chi connectivity index (χ3n) is 2.05. The van der Waals surface area contributed by atoms with E-state index in [1.54, 1.807) is 0 Å². The molecule has 0 aliphatic carbocycles. The standard InChI is InChI=1S/4C4H10O.Cu.Ti/c4*1-2-3-4-5;;/h4*5H,2-4H2,1H3;;. The van der Waals surface area contributed by atoms with Crippen LogP contribution in [0.4, 0.5) is 0 Å². The topological polar surface area (TPSA) is 80.9 Å². The van der Waals surface area contributed by atoms with Gasteiger partial charge >= 0.3 is 0 Å². The van der Waals surface area contributed by atoms with Crippen LogP contribution in [0.1, 0.15) is 79.1 Å². The van der Waals surface area contributed by atoms with E-state index in [0.717, 1.165) is 51.4 Å². The number of hydrogen-bond donors (Lipinski definition) is 4. The first-order valence-electron chi connectivity index (χ1n) is 8.09. The number of rotatable bonds is 8. The fraction of sp³-hybridized carbons (Fsp3) is 1.00. The van der Waals surface area contributed by atoms with E-state index < -0.39 is 0 Å². The molecular formula is C16H40CuO4Ti. The van der Waals surface area contributed by atoms with Crippen LogP contribution in [0.15, 0.2) is 0 Å². The van der Waals surface area contributed by atoms with Crippen LogP contribution in [0.2, 0.25) is 0 Å². The third kappa shape index (κ3) is 103. The van der Waals surface area contributed by atoms with Crippen molar-refractivity contribution in [2.75, 3.05) is 26.4 Å². The normalized spacial score (nSPS) is 7.64. The van der Waals surface area contributed by atoms with Gasteiger partial charge in [-0.25, -0.2) is 0 Å². The summed E-state index contributed by atoms with van der Waals surface area (Å²) in [5.41, 5.74) is 0. The van der Waals surface area contributed by atoms with Gasteiger partial charge in [0.15, 0.2) is 0 Å². The van der Waals surface area contributed by atoms with Gasteiger partial charge in [0.05, 0.1) is 0 Å². The average molecular weight is 408 g/mol. The van der Waals surface area contributed by atoms with E-state index >= 15 is 0 Å². The van der Waals surface area contributed by atoms with Crippen molar-refractivity contribution in [3.05, 3.63) is 0 Å². The van der Waals surface area contributed by atoms with Crippen molar-refractivity contribution >= 4 is 0 Å². The van der Waals surface area contributed by atoms with Crippen LogP contribution in [0.3, 0.4) is 0 Å². The molecule has 0 saturated heterocycles. The smallest absolute Gasteiger partial charge is 0.0430 e. The number of aliphatic hydroxyl groups excluding tert-OH is 4. The Morgan fingerprint density at radius 2 is 0.591 bits per heavy atom. The molecule has 4 nitrogen and oxygen atoms in total. The summed E-state index contributed by atoms with van der Waals surface area (Å²) in [6.45, 7) is 9.58. The summed E-state index contributed by atoms with van der Waals surface area (Å²) in [6, 6.07) is 0. The maximum atomic E-state index is 8.07. The predicted molar refractivity (Wildman–Crippen MR) is 88.0 cm³/mol. The Kier molecular flexibility index (Phi) is 101. The molecule has 143 valence electrons. The first-order chi connectivity index (χ1) is 9.66. The van der Waals surface area contributed by atoms with Crippen LogP contribution < -0.4 is 0 Å². The second kappa shape index (κ2) is 57.4. The molecule has 4 N–H and O–H groups in total.